The highest BCUT2D eigenvalue weighted by atomic mass is 32.2. The van der Waals surface area contributed by atoms with Crippen molar-refractivity contribution in [2.24, 2.45) is 0 Å². The lowest BCUT2D eigenvalue weighted by atomic mass is 9.78. The summed E-state index contributed by atoms with van der Waals surface area (Å²) in [5, 5.41) is 12.8. The van der Waals surface area contributed by atoms with Gasteiger partial charge in [0.1, 0.15) is 5.41 Å². The fourth-order valence-corrected chi connectivity index (χ4v) is 2.87. The zero-order chi connectivity index (χ0) is 12.3. The summed E-state index contributed by atoms with van der Waals surface area (Å²) >= 11 is 1.76. The number of anilines is 1. The molecule has 0 amide bonds. The molecule has 1 atom stereocenters. The van der Waals surface area contributed by atoms with E-state index in [0.29, 0.717) is 13.0 Å². The van der Waals surface area contributed by atoms with E-state index in [4.69, 9.17) is 0 Å². The van der Waals surface area contributed by atoms with Crippen molar-refractivity contribution in [3.63, 3.8) is 0 Å². The number of aliphatic carboxylic acids is 1. The molecule has 0 fully saturated rings. The third-order valence-electron chi connectivity index (χ3n) is 3.38. The number of nitrogens with one attached hydrogen (secondary N) is 1. The van der Waals surface area contributed by atoms with Crippen molar-refractivity contribution >= 4 is 23.4 Å². The highest BCUT2D eigenvalue weighted by Gasteiger charge is 2.44. The zero-order valence-corrected chi connectivity index (χ0v) is 10.7. The Morgan fingerprint density at radius 1 is 1.53 bits per heavy atom. The van der Waals surface area contributed by atoms with E-state index in [1.54, 1.807) is 11.8 Å². The maximum Gasteiger partial charge on any atom is 0.316 e. The first-order valence-electron chi connectivity index (χ1n) is 5.76. The van der Waals surface area contributed by atoms with Crippen LogP contribution in [0.25, 0.3) is 0 Å². The van der Waals surface area contributed by atoms with Gasteiger partial charge in [0.15, 0.2) is 0 Å². The fraction of sp³-hybridized carbons (Fsp3) is 0.462. The number of carbonyl (C=O) groups is 1. The number of hydrogen-bond donors (Lipinski definition) is 2. The summed E-state index contributed by atoms with van der Waals surface area (Å²) in [6.07, 6.45) is 3.69. The average molecular weight is 251 g/mol. The Balaban J connectivity index is 2.28. The van der Waals surface area contributed by atoms with Crippen molar-refractivity contribution < 1.29 is 9.90 Å². The number of rotatable bonds is 5. The van der Waals surface area contributed by atoms with Gasteiger partial charge in [0.25, 0.3) is 0 Å². The minimum absolute atomic E-state index is 0.510. The number of carboxylic acids is 1. The molecular formula is C13H17NO2S. The Bertz CT molecular complexity index is 422. The monoisotopic (exact) mass is 251 g/mol. The van der Waals surface area contributed by atoms with Gasteiger partial charge in [-0.25, -0.2) is 0 Å². The molecule has 17 heavy (non-hydrogen) atoms. The number of para-hydroxylation sites is 1. The molecule has 0 spiro atoms. The van der Waals surface area contributed by atoms with Crippen molar-refractivity contribution in [3.05, 3.63) is 29.8 Å². The summed E-state index contributed by atoms with van der Waals surface area (Å²) in [5.74, 6) is 0.299. The van der Waals surface area contributed by atoms with Crippen molar-refractivity contribution in [1.82, 2.24) is 0 Å². The van der Waals surface area contributed by atoms with Crippen molar-refractivity contribution in [3.8, 4) is 0 Å². The molecule has 1 unspecified atom stereocenters. The van der Waals surface area contributed by atoms with Crippen LogP contribution >= 0.6 is 11.8 Å². The molecule has 0 bridgehead atoms. The number of fused-ring (bicyclic) bond motifs is 1. The summed E-state index contributed by atoms with van der Waals surface area (Å²) < 4.78 is 0. The van der Waals surface area contributed by atoms with E-state index in [2.05, 4.69) is 5.32 Å². The molecule has 0 aromatic heterocycles. The molecule has 0 aliphatic carbocycles. The molecule has 3 nitrogen and oxygen atoms in total. The minimum atomic E-state index is -0.730. The second-order valence-electron chi connectivity index (χ2n) is 4.38. The molecule has 2 rings (SSSR count). The summed E-state index contributed by atoms with van der Waals surface area (Å²) in [5.41, 5.74) is 1.18. The van der Waals surface area contributed by atoms with Crippen LogP contribution in [0.1, 0.15) is 18.4 Å². The lowest BCUT2D eigenvalue weighted by molar-refractivity contribution is -0.143. The molecule has 92 valence electrons. The number of hydrogen-bond acceptors (Lipinski definition) is 3. The van der Waals surface area contributed by atoms with E-state index in [0.717, 1.165) is 23.4 Å². The van der Waals surface area contributed by atoms with Gasteiger partial charge in [0.05, 0.1) is 0 Å². The highest BCUT2D eigenvalue weighted by Crippen LogP contribution is 2.40. The van der Waals surface area contributed by atoms with Gasteiger partial charge in [-0.1, -0.05) is 18.2 Å². The van der Waals surface area contributed by atoms with Crippen LogP contribution in [0.2, 0.25) is 0 Å². The predicted octanol–water partition coefficient (Wildman–Crippen LogP) is 2.58. The first-order valence-corrected chi connectivity index (χ1v) is 7.16. The summed E-state index contributed by atoms with van der Waals surface area (Å²) in [6.45, 7) is 0.510. The van der Waals surface area contributed by atoms with Gasteiger partial charge in [-0.3, -0.25) is 4.79 Å². The first kappa shape index (κ1) is 12.3. The third-order valence-corrected chi connectivity index (χ3v) is 4.08. The Morgan fingerprint density at radius 3 is 3.00 bits per heavy atom. The number of thioether (sulfide) groups is 1. The molecule has 0 saturated carbocycles. The van der Waals surface area contributed by atoms with Gasteiger partial charge in [0.2, 0.25) is 0 Å². The highest BCUT2D eigenvalue weighted by molar-refractivity contribution is 7.98. The molecule has 2 N–H and O–H groups in total. The summed E-state index contributed by atoms with van der Waals surface area (Å²) in [7, 11) is 0. The molecule has 0 radical (unpaired) electrons. The van der Waals surface area contributed by atoms with Gasteiger partial charge in [-0.2, -0.15) is 11.8 Å². The molecule has 0 saturated heterocycles. The van der Waals surface area contributed by atoms with Gasteiger partial charge in [-0.05, 0) is 36.5 Å². The summed E-state index contributed by atoms with van der Waals surface area (Å²) in [6, 6.07) is 7.74. The normalized spacial score (nSPS) is 21.9. The molecule has 1 aromatic carbocycles. The Labute approximate surface area is 106 Å². The van der Waals surface area contributed by atoms with Crippen molar-refractivity contribution in [1.29, 1.82) is 0 Å². The Hall–Kier alpha value is -1.16. The standard InChI is InChI=1S/C13H17NO2S/c1-17-8-4-7-13(12(15)16)9-14-11-6-3-2-5-10(11)13/h2-3,5-6,14H,4,7-9H2,1H3,(H,15,16). The maximum absolute atomic E-state index is 11.6. The summed E-state index contributed by atoms with van der Waals surface area (Å²) in [4.78, 5) is 11.6. The van der Waals surface area contributed by atoms with Gasteiger partial charge in [0, 0.05) is 12.2 Å². The van der Waals surface area contributed by atoms with Crippen LogP contribution < -0.4 is 5.32 Å². The number of carboxylic acid groups (broad SMARTS) is 1. The van der Waals surface area contributed by atoms with Crippen molar-refractivity contribution in [2.75, 3.05) is 23.9 Å². The minimum Gasteiger partial charge on any atom is -0.481 e. The van der Waals surface area contributed by atoms with Crippen LogP contribution in [-0.2, 0) is 10.2 Å². The molecule has 1 aliphatic rings. The second-order valence-corrected chi connectivity index (χ2v) is 5.37. The molecule has 4 heteroatoms. The topological polar surface area (TPSA) is 49.3 Å². The van der Waals surface area contributed by atoms with Crippen LogP contribution in [-0.4, -0.2) is 29.6 Å². The van der Waals surface area contributed by atoms with Crippen LogP contribution in [0, 0.1) is 0 Å². The number of benzene rings is 1. The Morgan fingerprint density at radius 2 is 2.29 bits per heavy atom. The van der Waals surface area contributed by atoms with Gasteiger partial charge < -0.3 is 10.4 Å². The van der Waals surface area contributed by atoms with Crippen LogP contribution in [0.4, 0.5) is 5.69 Å². The van der Waals surface area contributed by atoms with E-state index < -0.39 is 11.4 Å². The molecular weight excluding hydrogens is 234 g/mol. The van der Waals surface area contributed by atoms with E-state index >= 15 is 0 Å². The Kier molecular flexibility index (Phi) is 3.62. The first-order chi connectivity index (χ1) is 8.20. The van der Waals surface area contributed by atoms with E-state index in [1.807, 2.05) is 30.5 Å². The van der Waals surface area contributed by atoms with E-state index in [-0.39, 0.29) is 0 Å². The largest absolute Gasteiger partial charge is 0.481 e. The molecule has 1 aliphatic heterocycles. The lowest BCUT2D eigenvalue weighted by Gasteiger charge is -2.24. The smallest absolute Gasteiger partial charge is 0.316 e. The van der Waals surface area contributed by atoms with E-state index in [9.17, 15) is 9.90 Å². The van der Waals surface area contributed by atoms with Crippen LogP contribution in [0.15, 0.2) is 24.3 Å². The quantitative estimate of drug-likeness (QED) is 0.790. The van der Waals surface area contributed by atoms with Crippen molar-refractivity contribution in [2.45, 2.75) is 18.3 Å². The SMILES string of the molecule is CSCCCC1(C(=O)O)CNc2ccccc21. The lowest BCUT2D eigenvalue weighted by Crippen LogP contribution is -2.38. The van der Waals surface area contributed by atoms with Crippen LogP contribution in [0.3, 0.4) is 0 Å². The molecule has 1 aromatic rings. The predicted molar refractivity (Wildman–Crippen MR) is 71.9 cm³/mol. The molecule has 1 heterocycles. The average Bonchev–Trinajstić information content (AvgIpc) is 2.70. The fourth-order valence-electron chi connectivity index (χ4n) is 2.44. The second kappa shape index (κ2) is 5.00. The maximum atomic E-state index is 11.6. The van der Waals surface area contributed by atoms with Gasteiger partial charge >= 0.3 is 5.97 Å². The zero-order valence-electron chi connectivity index (χ0n) is 9.90. The third kappa shape index (κ3) is 2.14. The van der Waals surface area contributed by atoms with Crippen LogP contribution in [0.5, 0.6) is 0 Å². The van der Waals surface area contributed by atoms with E-state index in [1.165, 1.54) is 0 Å². The van der Waals surface area contributed by atoms with Gasteiger partial charge in [-0.15, -0.1) is 0 Å².